The molecule has 0 fully saturated rings. The minimum Gasteiger partial charge on any atom is -0.619 e. The maximum Gasteiger partial charge on any atom is 0.189 e. The molecule has 1 aromatic heterocycles. The van der Waals surface area contributed by atoms with Crippen molar-refractivity contribution < 1.29 is 9.94 Å². The van der Waals surface area contributed by atoms with Crippen LogP contribution in [0.5, 0.6) is 0 Å². The van der Waals surface area contributed by atoms with E-state index in [0.717, 1.165) is 0 Å². The lowest BCUT2D eigenvalue weighted by Crippen LogP contribution is -2.24. The van der Waals surface area contributed by atoms with E-state index in [-0.39, 0.29) is 0 Å². The van der Waals surface area contributed by atoms with Crippen LogP contribution in [0.15, 0.2) is 29.7 Å². The van der Waals surface area contributed by atoms with E-state index in [1.807, 2.05) is 0 Å². The van der Waals surface area contributed by atoms with Gasteiger partial charge in [-0.25, -0.2) is 0 Å². The summed E-state index contributed by atoms with van der Waals surface area (Å²) in [5.74, 6) is 0. The molecule has 0 saturated heterocycles. The van der Waals surface area contributed by atoms with Crippen LogP contribution in [0, 0.1) is 5.21 Å². The number of pyridine rings is 1. The van der Waals surface area contributed by atoms with E-state index >= 15 is 0 Å². The van der Waals surface area contributed by atoms with E-state index in [9.17, 15) is 5.21 Å². The highest BCUT2D eigenvalue weighted by molar-refractivity contribution is 5.77. The highest BCUT2D eigenvalue weighted by atomic mass is 16.5. The molecule has 1 rings (SSSR count). The molecular formula is C6H6N2O2. The topological polar surface area (TPSA) is 59.5 Å². The fraction of sp³-hybridized carbons (Fsp3) is 0. The average Bonchev–Trinajstić information content (AvgIpc) is 1.88. The van der Waals surface area contributed by atoms with Crippen molar-refractivity contribution in [3.8, 4) is 0 Å². The highest BCUT2D eigenvalue weighted by Gasteiger charge is 1.90. The van der Waals surface area contributed by atoms with Crippen LogP contribution in [0.1, 0.15) is 5.56 Å². The van der Waals surface area contributed by atoms with Crippen molar-refractivity contribution in [1.82, 2.24) is 0 Å². The number of aromatic nitrogens is 1. The monoisotopic (exact) mass is 138 g/mol. The second-order valence-electron chi connectivity index (χ2n) is 1.74. The Bertz CT molecular complexity index is 247. The zero-order chi connectivity index (χ0) is 7.40. The summed E-state index contributed by atoms with van der Waals surface area (Å²) >= 11 is 0. The van der Waals surface area contributed by atoms with Gasteiger partial charge < -0.3 is 10.4 Å². The zero-order valence-electron chi connectivity index (χ0n) is 5.14. The standard InChI is InChI=1S/C6H6N2O2/c9-7-4-6-2-1-3-8(10)5-6/h1-5,9H/b7-4+. The van der Waals surface area contributed by atoms with Crippen LogP contribution >= 0.6 is 0 Å². The van der Waals surface area contributed by atoms with Gasteiger partial charge in [0.1, 0.15) is 0 Å². The van der Waals surface area contributed by atoms with E-state index in [0.29, 0.717) is 10.3 Å². The van der Waals surface area contributed by atoms with Gasteiger partial charge in [-0.2, -0.15) is 4.73 Å². The third-order valence-corrected chi connectivity index (χ3v) is 1.00. The highest BCUT2D eigenvalue weighted by Crippen LogP contribution is 1.87. The molecule has 0 aliphatic heterocycles. The lowest BCUT2D eigenvalue weighted by Gasteiger charge is -1.93. The van der Waals surface area contributed by atoms with Crippen LogP contribution in [-0.2, 0) is 0 Å². The molecule has 10 heavy (non-hydrogen) atoms. The SMILES string of the molecule is [O-][n+]1cccc(/C=N/O)c1. The zero-order valence-corrected chi connectivity index (χ0v) is 5.14. The first-order valence-corrected chi connectivity index (χ1v) is 2.69. The second-order valence-corrected chi connectivity index (χ2v) is 1.74. The number of rotatable bonds is 1. The van der Waals surface area contributed by atoms with Gasteiger partial charge in [0.25, 0.3) is 0 Å². The number of hydrogen-bond donors (Lipinski definition) is 1. The van der Waals surface area contributed by atoms with Crippen molar-refractivity contribution in [2.75, 3.05) is 0 Å². The van der Waals surface area contributed by atoms with Crippen LogP contribution < -0.4 is 4.73 Å². The van der Waals surface area contributed by atoms with Crippen molar-refractivity contribution >= 4 is 6.21 Å². The van der Waals surface area contributed by atoms with Gasteiger partial charge in [0.05, 0.1) is 11.8 Å². The van der Waals surface area contributed by atoms with Crippen LogP contribution in [0.2, 0.25) is 0 Å². The normalized spacial score (nSPS) is 10.4. The molecule has 0 radical (unpaired) electrons. The van der Waals surface area contributed by atoms with Crippen molar-refractivity contribution in [1.29, 1.82) is 0 Å². The maximum atomic E-state index is 10.5. The molecule has 1 heterocycles. The summed E-state index contributed by atoms with van der Waals surface area (Å²) in [5, 5.41) is 21.4. The van der Waals surface area contributed by atoms with Gasteiger partial charge in [-0.05, 0) is 6.07 Å². The van der Waals surface area contributed by atoms with Gasteiger partial charge in [-0.3, -0.25) is 0 Å². The summed E-state index contributed by atoms with van der Waals surface area (Å²) in [7, 11) is 0. The number of nitrogens with zero attached hydrogens (tertiary/aromatic N) is 2. The fourth-order valence-electron chi connectivity index (χ4n) is 0.615. The van der Waals surface area contributed by atoms with Gasteiger partial charge in [0.15, 0.2) is 12.4 Å². The Hall–Kier alpha value is -1.58. The minimum atomic E-state index is 0.569. The molecule has 0 bridgehead atoms. The van der Waals surface area contributed by atoms with Crippen LogP contribution in [-0.4, -0.2) is 11.4 Å². The van der Waals surface area contributed by atoms with Crippen molar-refractivity contribution in [2.45, 2.75) is 0 Å². The molecule has 0 saturated carbocycles. The molecule has 4 heteroatoms. The molecular weight excluding hydrogens is 132 g/mol. The summed E-state index contributed by atoms with van der Waals surface area (Å²) in [5.41, 5.74) is 0.569. The molecule has 0 unspecified atom stereocenters. The summed E-state index contributed by atoms with van der Waals surface area (Å²) in [6, 6.07) is 3.23. The fourth-order valence-corrected chi connectivity index (χ4v) is 0.615. The lowest BCUT2D eigenvalue weighted by atomic mass is 10.3. The Morgan fingerprint density at radius 3 is 3.10 bits per heavy atom. The quantitative estimate of drug-likeness (QED) is 0.197. The lowest BCUT2D eigenvalue weighted by molar-refractivity contribution is -0.605. The second kappa shape index (κ2) is 2.82. The van der Waals surface area contributed by atoms with Gasteiger partial charge >= 0.3 is 0 Å². The Kier molecular flexibility index (Phi) is 1.84. The van der Waals surface area contributed by atoms with E-state index < -0.39 is 0 Å². The van der Waals surface area contributed by atoms with Gasteiger partial charge in [-0.1, -0.05) is 5.16 Å². The third kappa shape index (κ3) is 1.45. The van der Waals surface area contributed by atoms with E-state index in [1.54, 1.807) is 12.1 Å². The van der Waals surface area contributed by atoms with Crippen LogP contribution in [0.4, 0.5) is 0 Å². The molecule has 52 valence electrons. The third-order valence-electron chi connectivity index (χ3n) is 1.00. The van der Waals surface area contributed by atoms with Crippen molar-refractivity contribution in [3.05, 3.63) is 35.3 Å². The predicted octanol–water partition coefficient (Wildman–Crippen LogP) is 0.128. The molecule has 0 aliphatic carbocycles. The molecule has 1 N–H and O–H groups in total. The molecule has 0 spiro atoms. The molecule has 4 nitrogen and oxygen atoms in total. The van der Waals surface area contributed by atoms with Crippen molar-refractivity contribution in [3.63, 3.8) is 0 Å². The van der Waals surface area contributed by atoms with Gasteiger partial charge in [0.2, 0.25) is 0 Å². The Morgan fingerprint density at radius 1 is 1.70 bits per heavy atom. The van der Waals surface area contributed by atoms with Crippen molar-refractivity contribution in [2.24, 2.45) is 5.16 Å². The summed E-state index contributed by atoms with van der Waals surface area (Å²) in [4.78, 5) is 0. The Labute approximate surface area is 57.6 Å². The van der Waals surface area contributed by atoms with Crippen LogP contribution in [0.3, 0.4) is 0 Å². The largest absolute Gasteiger partial charge is 0.619 e. The first kappa shape index (κ1) is 6.54. The first-order valence-electron chi connectivity index (χ1n) is 2.69. The van der Waals surface area contributed by atoms with E-state index in [2.05, 4.69) is 5.16 Å². The maximum absolute atomic E-state index is 10.5. The molecule has 0 amide bonds. The van der Waals surface area contributed by atoms with Gasteiger partial charge in [0, 0.05) is 6.07 Å². The van der Waals surface area contributed by atoms with E-state index in [4.69, 9.17) is 5.21 Å². The average molecular weight is 138 g/mol. The summed E-state index contributed by atoms with van der Waals surface area (Å²) < 4.78 is 0.636. The Balaban J connectivity index is 2.95. The first-order chi connectivity index (χ1) is 4.83. The predicted molar refractivity (Wildman–Crippen MR) is 34.8 cm³/mol. The number of hydrogen-bond acceptors (Lipinski definition) is 3. The summed E-state index contributed by atoms with van der Waals surface area (Å²) in [6.07, 6.45) is 3.85. The van der Waals surface area contributed by atoms with E-state index in [1.165, 1.54) is 18.6 Å². The number of oxime groups is 1. The van der Waals surface area contributed by atoms with Crippen LogP contribution in [0.25, 0.3) is 0 Å². The van der Waals surface area contributed by atoms with Gasteiger partial charge in [-0.15, -0.1) is 0 Å². The smallest absolute Gasteiger partial charge is 0.189 e. The molecule has 0 atom stereocenters. The molecule has 1 aromatic rings. The summed E-state index contributed by atoms with van der Waals surface area (Å²) in [6.45, 7) is 0. The minimum absolute atomic E-state index is 0.569. The molecule has 0 aliphatic rings. The molecule has 0 aromatic carbocycles. The Morgan fingerprint density at radius 2 is 2.50 bits per heavy atom.